The summed E-state index contributed by atoms with van der Waals surface area (Å²) in [6.45, 7) is 7.54. The summed E-state index contributed by atoms with van der Waals surface area (Å²) >= 11 is 0. The highest BCUT2D eigenvalue weighted by molar-refractivity contribution is 5.51. The van der Waals surface area contributed by atoms with Crippen molar-refractivity contribution in [3.63, 3.8) is 0 Å². The van der Waals surface area contributed by atoms with Gasteiger partial charge in [0.05, 0.1) is 0 Å². The van der Waals surface area contributed by atoms with Gasteiger partial charge in [-0.25, -0.2) is 0 Å². The standard InChI is InChI=1S/C19H26N2/c1-15-8-6-10-18(12-15)20(4)14-17(3)21(5)19-11-7-9-16(2)13-19/h6-13,17H,14H2,1-5H3. The zero-order chi connectivity index (χ0) is 15.4. The van der Waals surface area contributed by atoms with Crippen LogP contribution in [0.2, 0.25) is 0 Å². The van der Waals surface area contributed by atoms with Crippen LogP contribution in [0, 0.1) is 13.8 Å². The lowest BCUT2D eigenvalue weighted by atomic mass is 10.1. The maximum Gasteiger partial charge on any atom is 0.0433 e. The van der Waals surface area contributed by atoms with Gasteiger partial charge in [0, 0.05) is 38.1 Å². The van der Waals surface area contributed by atoms with E-state index in [9.17, 15) is 0 Å². The molecule has 0 aliphatic heterocycles. The van der Waals surface area contributed by atoms with E-state index in [4.69, 9.17) is 0 Å². The van der Waals surface area contributed by atoms with E-state index in [1.165, 1.54) is 22.5 Å². The third-order valence-electron chi connectivity index (χ3n) is 4.05. The summed E-state index contributed by atoms with van der Waals surface area (Å²) in [7, 11) is 4.33. The first kappa shape index (κ1) is 15.4. The molecule has 2 aromatic rings. The van der Waals surface area contributed by atoms with E-state index in [1.807, 2.05) is 0 Å². The predicted octanol–water partition coefficient (Wildman–Crippen LogP) is 4.26. The van der Waals surface area contributed by atoms with Crippen molar-refractivity contribution >= 4 is 11.4 Å². The smallest absolute Gasteiger partial charge is 0.0433 e. The molecule has 0 aliphatic rings. The average molecular weight is 282 g/mol. The number of rotatable bonds is 5. The van der Waals surface area contributed by atoms with Crippen molar-refractivity contribution in [2.75, 3.05) is 30.4 Å². The maximum absolute atomic E-state index is 2.35. The summed E-state index contributed by atoms with van der Waals surface area (Å²) in [5.74, 6) is 0. The Morgan fingerprint density at radius 3 is 1.95 bits per heavy atom. The second-order valence-corrected chi connectivity index (χ2v) is 6.02. The minimum Gasteiger partial charge on any atom is -0.373 e. The van der Waals surface area contributed by atoms with Crippen LogP contribution < -0.4 is 9.80 Å². The number of likely N-dealkylation sites (N-methyl/N-ethyl adjacent to an activating group) is 2. The highest BCUT2D eigenvalue weighted by atomic mass is 15.2. The molecule has 0 fully saturated rings. The summed E-state index contributed by atoms with van der Waals surface area (Å²) in [5, 5.41) is 0. The van der Waals surface area contributed by atoms with Gasteiger partial charge in [0.15, 0.2) is 0 Å². The van der Waals surface area contributed by atoms with Crippen LogP contribution in [-0.4, -0.2) is 26.7 Å². The van der Waals surface area contributed by atoms with E-state index in [0.717, 1.165) is 6.54 Å². The van der Waals surface area contributed by atoms with Gasteiger partial charge in [0.1, 0.15) is 0 Å². The molecule has 0 spiro atoms. The summed E-state index contributed by atoms with van der Waals surface area (Å²) in [5.41, 5.74) is 5.16. The maximum atomic E-state index is 2.35. The minimum atomic E-state index is 0.442. The molecule has 0 bridgehead atoms. The van der Waals surface area contributed by atoms with Gasteiger partial charge in [-0.3, -0.25) is 0 Å². The van der Waals surface area contributed by atoms with Crippen molar-refractivity contribution in [3.05, 3.63) is 59.7 Å². The molecule has 2 nitrogen and oxygen atoms in total. The molecule has 0 N–H and O–H groups in total. The summed E-state index contributed by atoms with van der Waals surface area (Å²) in [6.07, 6.45) is 0. The van der Waals surface area contributed by atoms with Crippen LogP contribution in [0.5, 0.6) is 0 Å². The number of benzene rings is 2. The topological polar surface area (TPSA) is 6.48 Å². The van der Waals surface area contributed by atoms with Gasteiger partial charge in [-0.2, -0.15) is 0 Å². The molecule has 0 aromatic heterocycles. The van der Waals surface area contributed by atoms with Crippen LogP contribution in [0.1, 0.15) is 18.1 Å². The van der Waals surface area contributed by atoms with Crippen LogP contribution in [-0.2, 0) is 0 Å². The van der Waals surface area contributed by atoms with E-state index in [2.05, 4.69) is 93.2 Å². The van der Waals surface area contributed by atoms with Crippen molar-refractivity contribution < 1.29 is 0 Å². The van der Waals surface area contributed by atoms with Crippen LogP contribution in [0.25, 0.3) is 0 Å². The highest BCUT2D eigenvalue weighted by Gasteiger charge is 2.13. The van der Waals surface area contributed by atoms with Crippen molar-refractivity contribution in [2.45, 2.75) is 26.8 Å². The zero-order valence-electron chi connectivity index (χ0n) is 13.8. The molecule has 2 heteroatoms. The molecule has 0 saturated heterocycles. The fraction of sp³-hybridized carbons (Fsp3) is 0.368. The third-order valence-corrected chi connectivity index (χ3v) is 4.05. The molecule has 0 amide bonds. The highest BCUT2D eigenvalue weighted by Crippen LogP contribution is 2.19. The lowest BCUT2D eigenvalue weighted by Gasteiger charge is -2.32. The van der Waals surface area contributed by atoms with Gasteiger partial charge < -0.3 is 9.80 Å². The Balaban J connectivity index is 2.05. The molecule has 1 atom stereocenters. The molecule has 1 unspecified atom stereocenters. The van der Waals surface area contributed by atoms with Crippen molar-refractivity contribution in [1.82, 2.24) is 0 Å². The molecular weight excluding hydrogens is 256 g/mol. The fourth-order valence-electron chi connectivity index (χ4n) is 2.59. The monoisotopic (exact) mass is 282 g/mol. The first-order valence-corrected chi connectivity index (χ1v) is 7.54. The second kappa shape index (κ2) is 6.66. The molecule has 21 heavy (non-hydrogen) atoms. The van der Waals surface area contributed by atoms with Crippen molar-refractivity contribution in [2.24, 2.45) is 0 Å². The number of nitrogens with zero attached hydrogens (tertiary/aromatic N) is 2. The zero-order valence-corrected chi connectivity index (χ0v) is 13.8. The third kappa shape index (κ3) is 4.01. The summed E-state index contributed by atoms with van der Waals surface area (Å²) in [4.78, 5) is 4.67. The van der Waals surface area contributed by atoms with Crippen molar-refractivity contribution in [1.29, 1.82) is 0 Å². The number of hydrogen-bond acceptors (Lipinski definition) is 2. The Morgan fingerprint density at radius 2 is 1.38 bits per heavy atom. The molecule has 0 radical (unpaired) electrons. The number of hydrogen-bond donors (Lipinski definition) is 0. The second-order valence-electron chi connectivity index (χ2n) is 6.02. The molecule has 0 heterocycles. The van der Waals surface area contributed by atoms with E-state index >= 15 is 0 Å². The van der Waals surface area contributed by atoms with Crippen LogP contribution in [0.4, 0.5) is 11.4 Å². The van der Waals surface area contributed by atoms with E-state index in [1.54, 1.807) is 0 Å². The Hall–Kier alpha value is -1.96. The van der Waals surface area contributed by atoms with E-state index in [-0.39, 0.29) is 0 Å². The number of anilines is 2. The van der Waals surface area contributed by atoms with Gasteiger partial charge in [-0.05, 0) is 56.2 Å². The molecule has 112 valence electrons. The van der Waals surface area contributed by atoms with E-state index in [0.29, 0.717) is 6.04 Å². The molecule has 0 saturated carbocycles. The van der Waals surface area contributed by atoms with Gasteiger partial charge in [0.25, 0.3) is 0 Å². The lowest BCUT2D eigenvalue weighted by molar-refractivity contribution is 0.671. The first-order chi connectivity index (χ1) is 9.97. The average Bonchev–Trinajstić information content (AvgIpc) is 2.46. The van der Waals surface area contributed by atoms with E-state index < -0.39 is 0 Å². The van der Waals surface area contributed by atoms with Crippen LogP contribution in [0.15, 0.2) is 48.5 Å². The van der Waals surface area contributed by atoms with Crippen LogP contribution >= 0.6 is 0 Å². The van der Waals surface area contributed by atoms with Crippen LogP contribution in [0.3, 0.4) is 0 Å². The lowest BCUT2D eigenvalue weighted by Crippen LogP contribution is -2.39. The Labute approximate surface area is 129 Å². The Kier molecular flexibility index (Phi) is 4.89. The first-order valence-electron chi connectivity index (χ1n) is 7.54. The van der Waals surface area contributed by atoms with Gasteiger partial charge in [0.2, 0.25) is 0 Å². The minimum absolute atomic E-state index is 0.442. The fourth-order valence-corrected chi connectivity index (χ4v) is 2.59. The van der Waals surface area contributed by atoms with Gasteiger partial charge in [-0.15, -0.1) is 0 Å². The molecule has 0 aliphatic carbocycles. The Bertz CT molecular complexity index is 592. The number of aryl methyl sites for hydroxylation is 2. The summed E-state index contributed by atoms with van der Waals surface area (Å²) < 4.78 is 0. The Morgan fingerprint density at radius 1 is 0.857 bits per heavy atom. The molecule has 2 aromatic carbocycles. The largest absolute Gasteiger partial charge is 0.373 e. The summed E-state index contributed by atoms with van der Waals surface area (Å²) in [6, 6.07) is 17.8. The normalized spacial score (nSPS) is 12.0. The predicted molar refractivity (Wildman–Crippen MR) is 93.5 cm³/mol. The van der Waals surface area contributed by atoms with Crippen molar-refractivity contribution in [3.8, 4) is 0 Å². The SMILES string of the molecule is Cc1cccc(N(C)CC(C)N(C)c2cccc(C)c2)c1. The molecular formula is C19H26N2. The molecule has 2 rings (SSSR count). The van der Waals surface area contributed by atoms with Gasteiger partial charge >= 0.3 is 0 Å². The quantitative estimate of drug-likeness (QED) is 0.808. The van der Waals surface area contributed by atoms with Gasteiger partial charge in [-0.1, -0.05) is 24.3 Å².